The molecule has 0 aliphatic carbocycles. The van der Waals surface area contributed by atoms with E-state index in [1.54, 1.807) is 18.2 Å². The number of halogens is 1. The summed E-state index contributed by atoms with van der Waals surface area (Å²) in [5.74, 6) is -1.76. The Morgan fingerprint density at radius 2 is 1.43 bits per heavy atom. The minimum absolute atomic E-state index is 0.0776. The first-order valence-corrected chi connectivity index (χ1v) is 9.17. The Balaban J connectivity index is 1.57. The highest BCUT2D eigenvalue weighted by molar-refractivity contribution is 6.14. The summed E-state index contributed by atoms with van der Waals surface area (Å²) in [5.41, 5.74) is 1.08. The van der Waals surface area contributed by atoms with Gasteiger partial charge in [0, 0.05) is 5.56 Å². The quantitative estimate of drug-likeness (QED) is 0.583. The summed E-state index contributed by atoms with van der Waals surface area (Å²) in [6.45, 7) is -0.274. The van der Waals surface area contributed by atoms with Gasteiger partial charge in [0.2, 0.25) is 5.91 Å². The second-order valence-corrected chi connectivity index (χ2v) is 6.32. The van der Waals surface area contributed by atoms with Gasteiger partial charge in [-0.25, -0.2) is 9.18 Å². The molecule has 6 nitrogen and oxygen atoms in total. The fourth-order valence-corrected chi connectivity index (χ4v) is 2.70. The lowest BCUT2D eigenvalue weighted by Crippen LogP contribution is -2.33. The molecular weight excluding hydrogens is 387 g/mol. The largest absolute Gasteiger partial charge is 0.445 e. The zero-order valence-electron chi connectivity index (χ0n) is 15.9. The smallest absolute Gasteiger partial charge is 0.407 e. The first kappa shape index (κ1) is 20.7. The van der Waals surface area contributed by atoms with Gasteiger partial charge in [-0.2, -0.15) is 0 Å². The van der Waals surface area contributed by atoms with Gasteiger partial charge in [-0.3, -0.25) is 9.59 Å². The van der Waals surface area contributed by atoms with Gasteiger partial charge in [0.15, 0.2) is 5.78 Å². The molecule has 0 radical (unpaired) electrons. The summed E-state index contributed by atoms with van der Waals surface area (Å²) in [4.78, 5) is 36.6. The fraction of sp³-hybridized carbons (Fsp3) is 0.0870. The fourth-order valence-electron chi connectivity index (χ4n) is 2.70. The third kappa shape index (κ3) is 5.51. The molecule has 3 aromatic carbocycles. The van der Waals surface area contributed by atoms with Crippen molar-refractivity contribution in [1.82, 2.24) is 5.32 Å². The van der Waals surface area contributed by atoms with Crippen LogP contribution in [0.3, 0.4) is 0 Å². The maximum absolute atomic E-state index is 14.0. The number of carbonyl (C=O) groups excluding carboxylic acids is 3. The number of nitrogens with one attached hydrogen (secondary N) is 2. The van der Waals surface area contributed by atoms with Gasteiger partial charge in [-0.05, 0) is 29.8 Å². The number of hydrogen-bond donors (Lipinski definition) is 2. The minimum Gasteiger partial charge on any atom is -0.445 e. The number of benzene rings is 3. The molecule has 152 valence electrons. The molecule has 30 heavy (non-hydrogen) atoms. The van der Waals surface area contributed by atoms with Crippen molar-refractivity contribution >= 4 is 23.5 Å². The lowest BCUT2D eigenvalue weighted by molar-refractivity contribution is -0.115. The van der Waals surface area contributed by atoms with Gasteiger partial charge in [-0.1, -0.05) is 54.6 Å². The molecule has 0 saturated heterocycles. The average molecular weight is 406 g/mol. The van der Waals surface area contributed by atoms with Crippen LogP contribution in [0.25, 0.3) is 0 Å². The maximum atomic E-state index is 14.0. The molecule has 0 fully saturated rings. The number of ketones is 1. The Bertz CT molecular complexity index is 1050. The van der Waals surface area contributed by atoms with Crippen LogP contribution in [0.15, 0.2) is 78.9 Å². The van der Waals surface area contributed by atoms with E-state index in [-0.39, 0.29) is 30.0 Å². The van der Waals surface area contributed by atoms with Crippen LogP contribution < -0.4 is 10.6 Å². The number of anilines is 1. The van der Waals surface area contributed by atoms with E-state index in [1.165, 1.54) is 30.3 Å². The van der Waals surface area contributed by atoms with Crippen LogP contribution in [0.4, 0.5) is 14.9 Å². The highest BCUT2D eigenvalue weighted by Crippen LogP contribution is 2.20. The maximum Gasteiger partial charge on any atom is 0.407 e. The number of hydrogen-bond acceptors (Lipinski definition) is 4. The second-order valence-electron chi connectivity index (χ2n) is 6.32. The molecule has 2 amide bonds. The van der Waals surface area contributed by atoms with E-state index in [4.69, 9.17) is 4.74 Å². The van der Waals surface area contributed by atoms with Crippen LogP contribution >= 0.6 is 0 Å². The van der Waals surface area contributed by atoms with Gasteiger partial charge >= 0.3 is 6.09 Å². The molecule has 0 spiro atoms. The zero-order valence-corrected chi connectivity index (χ0v) is 15.9. The standard InChI is InChI=1S/C23H19FN2O4/c24-19-12-6-4-10-17(19)22(28)18-11-5-7-13-20(18)26-21(27)14-25-23(29)30-15-16-8-2-1-3-9-16/h1-13H,14-15H2,(H,25,29)(H,26,27). The van der Waals surface area contributed by atoms with Crippen LogP contribution in [-0.4, -0.2) is 24.3 Å². The summed E-state index contributed by atoms with van der Waals surface area (Å²) in [6.07, 6.45) is -0.746. The molecule has 3 aromatic rings. The molecule has 0 saturated carbocycles. The number of rotatable bonds is 7. The second kappa shape index (κ2) is 9.97. The van der Waals surface area contributed by atoms with Crippen molar-refractivity contribution in [3.8, 4) is 0 Å². The lowest BCUT2D eigenvalue weighted by Gasteiger charge is -2.11. The molecule has 0 bridgehead atoms. The summed E-state index contributed by atoms with van der Waals surface area (Å²) in [6, 6.07) is 21.0. The van der Waals surface area contributed by atoms with Crippen LogP contribution in [0, 0.1) is 5.82 Å². The molecular formula is C23H19FN2O4. The van der Waals surface area contributed by atoms with Crippen LogP contribution in [-0.2, 0) is 16.1 Å². The molecule has 0 unspecified atom stereocenters. The van der Waals surface area contributed by atoms with Crippen LogP contribution in [0.5, 0.6) is 0 Å². The predicted octanol–water partition coefficient (Wildman–Crippen LogP) is 3.92. The van der Waals surface area contributed by atoms with E-state index in [9.17, 15) is 18.8 Å². The number of para-hydroxylation sites is 1. The predicted molar refractivity (Wildman–Crippen MR) is 110 cm³/mol. The van der Waals surface area contributed by atoms with E-state index in [0.29, 0.717) is 0 Å². The number of ether oxygens (including phenoxy) is 1. The third-order valence-electron chi connectivity index (χ3n) is 4.17. The summed E-state index contributed by atoms with van der Waals surface area (Å²) < 4.78 is 19.0. The Kier molecular flexibility index (Phi) is 6.89. The zero-order chi connectivity index (χ0) is 21.3. The highest BCUT2D eigenvalue weighted by atomic mass is 19.1. The van der Waals surface area contributed by atoms with Crippen molar-refractivity contribution in [3.63, 3.8) is 0 Å². The molecule has 0 aliphatic heterocycles. The first-order chi connectivity index (χ1) is 14.5. The van der Waals surface area contributed by atoms with Crippen molar-refractivity contribution in [2.75, 3.05) is 11.9 Å². The molecule has 0 atom stereocenters. The molecule has 0 aromatic heterocycles. The highest BCUT2D eigenvalue weighted by Gasteiger charge is 2.18. The Hall–Kier alpha value is -4.00. The van der Waals surface area contributed by atoms with E-state index in [2.05, 4.69) is 10.6 Å². The Morgan fingerprint density at radius 3 is 2.17 bits per heavy atom. The lowest BCUT2D eigenvalue weighted by atomic mass is 10.0. The van der Waals surface area contributed by atoms with Crippen molar-refractivity contribution < 1.29 is 23.5 Å². The molecule has 7 heteroatoms. The normalized spacial score (nSPS) is 10.2. The third-order valence-corrected chi connectivity index (χ3v) is 4.17. The van der Waals surface area contributed by atoms with Gasteiger partial charge < -0.3 is 15.4 Å². The molecule has 0 aliphatic rings. The monoisotopic (exact) mass is 406 g/mol. The average Bonchev–Trinajstić information content (AvgIpc) is 2.77. The van der Waals surface area contributed by atoms with Crippen molar-refractivity contribution in [3.05, 3.63) is 101 Å². The summed E-state index contributed by atoms with van der Waals surface area (Å²) in [5, 5.41) is 4.90. The van der Waals surface area contributed by atoms with E-state index in [1.807, 2.05) is 30.3 Å². The molecule has 3 rings (SSSR count). The summed E-state index contributed by atoms with van der Waals surface area (Å²) >= 11 is 0. The van der Waals surface area contributed by atoms with Crippen molar-refractivity contribution in [2.24, 2.45) is 0 Å². The Labute approximate surface area is 172 Å². The summed E-state index contributed by atoms with van der Waals surface area (Å²) in [7, 11) is 0. The van der Waals surface area contributed by atoms with Gasteiger partial charge in [0.25, 0.3) is 0 Å². The topological polar surface area (TPSA) is 84.5 Å². The molecule has 2 N–H and O–H groups in total. The van der Waals surface area contributed by atoms with Crippen molar-refractivity contribution in [1.29, 1.82) is 0 Å². The molecule has 0 heterocycles. The first-order valence-electron chi connectivity index (χ1n) is 9.17. The van der Waals surface area contributed by atoms with E-state index in [0.717, 1.165) is 5.56 Å². The Morgan fingerprint density at radius 1 is 0.800 bits per heavy atom. The number of amides is 2. The van der Waals surface area contributed by atoms with Crippen LogP contribution in [0.1, 0.15) is 21.5 Å². The van der Waals surface area contributed by atoms with Crippen molar-refractivity contribution in [2.45, 2.75) is 6.61 Å². The number of carbonyl (C=O) groups is 3. The minimum atomic E-state index is -0.746. The van der Waals surface area contributed by atoms with E-state index < -0.39 is 23.6 Å². The number of alkyl carbamates (subject to hydrolysis) is 1. The SMILES string of the molecule is O=C(CNC(=O)OCc1ccccc1)Nc1ccccc1C(=O)c1ccccc1F. The van der Waals surface area contributed by atoms with Crippen LogP contribution in [0.2, 0.25) is 0 Å². The van der Waals surface area contributed by atoms with Gasteiger partial charge in [0.1, 0.15) is 19.0 Å². The van der Waals surface area contributed by atoms with Gasteiger partial charge in [-0.15, -0.1) is 0 Å². The van der Waals surface area contributed by atoms with Gasteiger partial charge in [0.05, 0.1) is 11.3 Å². The van der Waals surface area contributed by atoms with E-state index >= 15 is 0 Å².